The van der Waals surface area contributed by atoms with Crippen LogP contribution in [0.5, 0.6) is 0 Å². The molecule has 2 rings (SSSR count). The molecule has 2 amide bonds. The smallest absolute Gasteiger partial charge is 0.239 e. The molecule has 1 fully saturated rings. The van der Waals surface area contributed by atoms with Crippen LogP contribution in [-0.4, -0.2) is 40.8 Å². The van der Waals surface area contributed by atoms with Crippen molar-refractivity contribution in [3.8, 4) is 0 Å². The van der Waals surface area contributed by atoms with E-state index in [0.29, 0.717) is 23.9 Å². The van der Waals surface area contributed by atoms with Gasteiger partial charge in [-0.05, 0) is 31.9 Å². The van der Waals surface area contributed by atoms with Gasteiger partial charge in [-0.2, -0.15) is 0 Å². The molecule has 0 spiro atoms. The molecule has 0 aliphatic carbocycles. The Bertz CT molecular complexity index is 518. The van der Waals surface area contributed by atoms with Crippen LogP contribution in [0.25, 0.3) is 0 Å². The Morgan fingerprint density at radius 3 is 2.90 bits per heavy atom. The largest absolute Gasteiger partial charge is 0.341 e. The molecule has 1 unspecified atom stereocenters. The number of rotatable bonds is 3. The third kappa shape index (κ3) is 4.15. The van der Waals surface area contributed by atoms with Crippen LogP contribution in [0.15, 0.2) is 18.3 Å². The molecule has 1 aliphatic heterocycles. The number of nitrogens with two attached hydrogens (primary N) is 1. The van der Waals surface area contributed by atoms with Crippen molar-refractivity contribution in [1.29, 1.82) is 0 Å². The van der Waals surface area contributed by atoms with E-state index in [1.165, 1.54) is 6.20 Å². The SMILES string of the molecule is C[C@@H](N)C(=O)N1CCCC(C(=O)Nc2ccc(Cl)cn2)C1. The summed E-state index contributed by atoms with van der Waals surface area (Å²) < 4.78 is 0. The van der Waals surface area contributed by atoms with E-state index in [-0.39, 0.29) is 17.7 Å². The zero-order chi connectivity index (χ0) is 15.4. The van der Waals surface area contributed by atoms with Gasteiger partial charge in [0.1, 0.15) is 5.82 Å². The van der Waals surface area contributed by atoms with Gasteiger partial charge in [0, 0.05) is 19.3 Å². The van der Waals surface area contributed by atoms with Crippen LogP contribution in [-0.2, 0) is 9.59 Å². The summed E-state index contributed by atoms with van der Waals surface area (Å²) in [5.41, 5.74) is 5.61. The van der Waals surface area contributed by atoms with E-state index in [9.17, 15) is 9.59 Å². The summed E-state index contributed by atoms with van der Waals surface area (Å²) in [6.45, 7) is 2.72. The van der Waals surface area contributed by atoms with Crippen LogP contribution in [0.3, 0.4) is 0 Å². The number of nitrogens with zero attached hydrogens (tertiary/aromatic N) is 2. The molecule has 114 valence electrons. The fourth-order valence-corrected chi connectivity index (χ4v) is 2.47. The first kappa shape index (κ1) is 15.7. The second kappa shape index (κ2) is 6.87. The van der Waals surface area contributed by atoms with Gasteiger partial charge in [0.15, 0.2) is 0 Å². The maximum atomic E-state index is 12.2. The van der Waals surface area contributed by atoms with E-state index >= 15 is 0 Å². The second-order valence-corrected chi connectivity index (χ2v) is 5.70. The zero-order valence-corrected chi connectivity index (χ0v) is 12.6. The molecule has 0 aromatic carbocycles. The lowest BCUT2D eigenvalue weighted by molar-refractivity contribution is -0.135. The van der Waals surface area contributed by atoms with Crippen molar-refractivity contribution in [2.24, 2.45) is 11.7 Å². The average molecular weight is 311 g/mol. The normalized spacial score (nSPS) is 20.0. The van der Waals surface area contributed by atoms with Crippen molar-refractivity contribution in [3.63, 3.8) is 0 Å². The molecule has 7 heteroatoms. The maximum absolute atomic E-state index is 12.2. The fourth-order valence-electron chi connectivity index (χ4n) is 2.36. The predicted molar refractivity (Wildman–Crippen MR) is 80.8 cm³/mol. The van der Waals surface area contributed by atoms with Crippen LogP contribution in [0.2, 0.25) is 5.02 Å². The number of amides is 2. The van der Waals surface area contributed by atoms with Gasteiger partial charge in [0.2, 0.25) is 11.8 Å². The number of aromatic nitrogens is 1. The van der Waals surface area contributed by atoms with Gasteiger partial charge >= 0.3 is 0 Å². The lowest BCUT2D eigenvalue weighted by Crippen LogP contribution is -2.48. The van der Waals surface area contributed by atoms with Crippen LogP contribution in [0.1, 0.15) is 19.8 Å². The third-order valence-corrected chi connectivity index (χ3v) is 3.70. The molecule has 0 radical (unpaired) electrons. The second-order valence-electron chi connectivity index (χ2n) is 5.26. The number of nitrogens with one attached hydrogen (secondary N) is 1. The molecule has 0 saturated carbocycles. The van der Waals surface area contributed by atoms with Crippen LogP contribution >= 0.6 is 11.6 Å². The number of pyridine rings is 1. The number of anilines is 1. The molecule has 1 aromatic rings. The highest BCUT2D eigenvalue weighted by molar-refractivity contribution is 6.30. The minimum atomic E-state index is -0.537. The van der Waals surface area contributed by atoms with Crippen molar-refractivity contribution < 1.29 is 9.59 Å². The minimum absolute atomic E-state index is 0.114. The summed E-state index contributed by atoms with van der Waals surface area (Å²) in [7, 11) is 0. The minimum Gasteiger partial charge on any atom is -0.341 e. The first-order chi connectivity index (χ1) is 9.97. The molecule has 1 saturated heterocycles. The molecule has 3 N–H and O–H groups in total. The summed E-state index contributed by atoms with van der Waals surface area (Å²) in [6.07, 6.45) is 3.02. The van der Waals surface area contributed by atoms with E-state index in [1.807, 2.05) is 0 Å². The standard InChI is InChI=1S/C14H19ClN4O2/c1-9(16)14(21)19-6-2-3-10(8-19)13(20)18-12-5-4-11(15)7-17-12/h4-5,7,9-10H,2-3,6,8,16H2,1H3,(H,17,18,20)/t9-,10?/m1/s1. The number of hydrogen-bond donors (Lipinski definition) is 2. The highest BCUT2D eigenvalue weighted by atomic mass is 35.5. The Balaban J connectivity index is 1.96. The number of halogens is 1. The van der Waals surface area contributed by atoms with Gasteiger partial charge in [-0.3, -0.25) is 9.59 Å². The van der Waals surface area contributed by atoms with Crippen molar-refractivity contribution in [1.82, 2.24) is 9.88 Å². The molecule has 2 heterocycles. The zero-order valence-electron chi connectivity index (χ0n) is 11.9. The van der Waals surface area contributed by atoms with Gasteiger partial charge in [0.25, 0.3) is 0 Å². The third-order valence-electron chi connectivity index (χ3n) is 3.47. The van der Waals surface area contributed by atoms with E-state index in [0.717, 1.165) is 12.8 Å². The van der Waals surface area contributed by atoms with E-state index in [4.69, 9.17) is 17.3 Å². The molecular weight excluding hydrogens is 292 g/mol. The number of likely N-dealkylation sites (tertiary alicyclic amines) is 1. The molecule has 21 heavy (non-hydrogen) atoms. The summed E-state index contributed by atoms with van der Waals surface area (Å²) >= 11 is 5.75. The number of piperidine rings is 1. The summed E-state index contributed by atoms with van der Waals surface area (Å²) in [4.78, 5) is 29.8. The molecule has 1 aromatic heterocycles. The fraction of sp³-hybridized carbons (Fsp3) is 0.500. The van der Waals surface area contributed by atoms with Gasteiger partial charge in [-0.25, -0.2) is 4.98 Å². The number of carbonyl (C=O) groups excluding carboxylic acids is 2. The Morgan fingerprint density at radius 2 is 2.29 bits per heavy atom. The Morgan fingerprint density at radius 1 is 1.52 bits per heavy atom. The van der Waals surface area contributed by atoms with Crippen LogP contribution in [0.4, 0.5) is 5.82 Å². The molecule has 0 bridgehead atoms. The Labute approximate surface area is 128 Å². The summed E-state index contributed by atoms with van der Waals surface area (Å²) in [5, 5.41) is 3.26. The van der Waals surface area contributed by atoms with Gasteiger partial charge in [-0.1, -0.05) is 11.6 Å². The Kier molecular flexibility index (Phi) is 5.14. The van der Waals surface area contributed by atoms with Crippen molar-refractivity contribution >= 4 is 29.2 Å². The van der Waals surface area contributed by atoms with Crippen LogP contribution in [0, 0.1) is 5.92 Å². The highest BCUT2D eigenvalue weighted by Crippen LogP contribution is 2.19. The van der Waals surface area contributed by atoms with Gasteiger partial charge < -0.3 is 16.0 Å². The van der Waals surface area contributed by atoms with Crippen molar-refractivity contribution in [2.75, 3.05) is 18.4 Å². The lowest BCUT2D eigenvalue weighted by atomic mass is 9.96. The van der Waals surface area contributed by atoms with Crippen LogP contribution < -0.4 is 11.1 Å². The first-order valence-corrected chi connectivity index (χ1v) is 7.32. The van der Waals surface area contributed by atoms with Gasteiger partial charge in [-0.15, -0.1) is 0 Å². The first-order valence-electron chi connectivity index (χ1n) is 6.94. The molecule has 1 aliphatic rings. The summed E-state index contributed by atoms with van der Waals surface area (Å²) in [6, 6.07) is 2.77. The lowest BCUT2D eigenvalue weighted by Gasteiger charge is -2.33. The maximum Gasteiger partial charge on any atom is 0.239 e. The topological polar surface area (TPSA) is 88.3 Å². The van der Waals surface area contributed by atoms with E-state index < -0.39 is 6.04 Å². The molecule has 6 nitrogen and oxygen atoms in total. The average Bonchev–Trinajstić information content (AvgIpc) is 2.48. The summed E-state index contributed by atoms with van der Waals surface area (Å²) in [5.74, 6) is -0.0249. The number of carbonyl (C=O) groups is 2. The molecule has 2 atom stereocenters. The van der Waals surface area contributed by atoms with Gasteiger partial charge in [0.05, 0.1) is 17.0 Å². The van der Waals surface area contributed by atoms with E-state index in [1.54, 1.807) is 24.0 Å². The highest BCUT2D eigenvalue weighted by Gasteiger charge is 2.29. The van der Waals surface area contributed by atoms with Crippen molar-refractivity contribution in [3.05, 3.63) is 23.4 Å². The monoisotopic (exact) mass is 310 g/mol. The Hall–Kier alpha value is -1.66. The van der Waals surface area contributed by atoms with Crippen molar-refractivity contribution in [2.45, 2.75) is 25.8 Å². The van der Waals surface area contributed by atoms with E-state index in [2.05, 4.69) is 10.3 Å². The quantitative estimate of drug-likeness (QED) is 0.879. The number of hydrogen-bond acceptors (Lipinski definition) is 4. The predicted octanol–water partition coefficient (Wildman–Crippen LogP) is 1.26. The molecular formula is C14H19ClN4O2.